The van der Waals surface area contributed by atoms with Gasteiger partial charge in [0.05, 0.1) is 16.1 Å². The van der Waals surface area contributed by atoms with Gasteiger partial charge >= 0.3 is 0 Å². The Kier molecular flexibility index (Phi) is 7.07. The largest absolute Gasteiger partial charge is 0.339 e. The summed E-state index contributed by atoms with van der Waals surface area (Å²) in [5, 5.41) is 3.42. The van der Waals surface area contributed by atoms with E-state index in [1.54, 1.807) is 18.2 Å². The molecule has 2 aliphatic rings. The van der Waals surface area contributed by atoms with E-state index in [1.165, 1.54) is 16.4 Å². The zero-order chi connectivity index (χ0) is 23.6. The molecule has 0 bridgehead atoms. The molecule has 0 aromatic heterocycles. The van der Waals surface area contributed by atoms with Crippen LogP contribution in [0, 0.1) is 12.8 Å². The van der Waals surface area contributed by atoms with Gasteiger partial charge in [0.1, 0.15) is 0 Å². The molecule has 2 fully saturated rings. The number of rotatable bonds is 5. The van der Waals surface area contributed by atoms with E-state index in [-0.39, 0.29) is 35.7 Å². The molecule has 0 aliphatic carbocycles. The van der Waals surface area contributed by atoms with E-state index in [2.05, 4.69) is 5.32 Å². The molecule has 7 nitrogen and oxygen atoms in total. The molecule has 0 spiro atoms. The fraction of sp³-hybridized carbons (Fsp3) is 0.417. The Morgan fingerprint density at radius 2 is 1.61 bits per heavy atom. The number of piperidine rings is 1. The number of nitrogens with one attached hydrogen (secondary N) is 1. The predicted molar refractivity (Wildman–Crippen MR) is 128 cm³/mol. The summed E-state index contributed by atoms with van der Waals surface area (Å²) in [6, 6.07) is 11.6. The molecule has 33 heavy (non-hydrogen) atoms. The summed E-state index contributed by atoms with van der Waals surface area (Å²) in [5.41, 5.74) is 1.89. The van der Waals surface area contributed by atoms with Gasteiger partial charge in [-0.05, 0) is 68.5 Å². The molecule has 0 unspecified atom stereocenters. The van der Waals surface area contributed by atoms with E-state index >= 15 is 0 Å². The monoisotopic (exact) mass is 489 g/mol. The highest BCUT2D eigenvalue weighted by Crippen LogP contribution is 2.28. The molecule has 2 aromatic carbocycles. The van der Waals surface area contributed by atoms with Crippen LogP contribution in [-0.4, -0.2) is 55.6 Å². The number of aryl methyl sites for hydroxylation is 1. The van der Waals surface area contributed by atoms with Crippen LogP contribution >= 0.6 is 11.6 Å². The summed E-state index contributed by atoms with van der Waals surface area (Å²) in [6.45, 7) is 3.87. The topological polar surface area (TPSA) is 86.8 Å². The number of carbonyl (C=O) groups is 2. The number of amides is 2. The van der Waals surface area contributed by atoms with Gasteiger partial charge in [-0.25, -0.2) is 8.42 Å². The quantitative estimate of drug-likeness (QED) is 0.689. The number of benzene rings is 2. The lowest BCUT2D eigenvalue weighted by molar-refractivity contribution is -0.120. The van der Waals surface area contributed by atoms with Crippen molar-refractivity contribution in [3.05, 3.63) is 58.6 Å². The van der Waals surface area contributed by atoms with Crippen LogP contribution in [0.15, 0.2) is 47.4 Å². The first-order valence-electron chi connectivity index (χ1n) is 11.2. The van der Waals surface area contributed by atoms with E-state index in [9.17, 15) is 18.0 Å². The van der Waals surface area contributed by atoms with Gasteiger partial charge in [-0.3, -0.25) is 9.59 Å². The molecule has 4 rings (SSSR count). The van der Waals surface area contributed by atoms with Gasteiger partial charge in [0.2, 0.25) is 15.9 Å². The molecule has 0 atom stereocenters. The van der Waals surface area contributed by atoms with Crippen LogP contribution < -0.4 is 5.32 Å². The Labute approximate surface area is 199 Å². The molecule has 2 aliphatic heterocycles. The van der Waals surface area contributed by atoms with Crippen molar-refractivity contribution in [1.29, 1.82) is 0 Å². The zero-order valence-electron chi connectivity index (χ0n) is 18.6. The van der Waals surface area contributed by atoms with Gasteiger partial charge in [-0.1, -0.05) is 23.7 Å². The average molecular weight is 490 g/mol. The second-order valence-electron chi connectivity index (χ2n) is 8.62. The van der Waals surface area contributed by atoms with Crippen molar-refractivity contribution in [3.63, 3.8) is 0 Å². The van der Waals surface area contributed by atoms with E-state index < -0.39 is 10.0 Å². The molecule has 9 heteroatoms. The van der Waals surface area contributed by atoms with E-state index in [1.807, 2.05) is 24.0 Å². The van der Waals surface area contributed by atoms with Crippen molar-refractivity contribution >= 4 is 39.1 Å². The highest BCUT2D eigenvalue weighted by atomic mass is 35.5. The van der Waals surface area contributed by atoms with Crippen molar-refractivity contribution in [2.24, 2.45) is 5.92 Å². The van der Waals surface area contributed by atoms with Gasteiger partial charge in [0.15, 0.2) is 0 Å². The SMILES string of the molecule is Cc1cccc(NC(=O)C2CCN(S(=O)(=O)c3ccc(Cl)cc3)CC2)c1C(=O)N1CCCC1. The molecule has 2 aromatic rings. The summed E-state index contributed by atoms with van der Waals surface area (Å²) in [5.74, 6) is -0.554. The lowest BCUT2D eigenvalue weighted by Crippen LogP contribution is -2.41. The minimum absolute atomic E-state index is 0.0511. The van der Waals surface area contributed by atoms with Crippen LogP contribution in [0.3, 0.4) is 0 Å². The van der Waals surface area contributed by atoms with Crippen LogP contribution in [0.1, 0.15) is 41.6 Å². The van der Waals surface area contributed by atoms with Gasteiger partial charge in [-0.15, -0.1) is 0 Å². The van der Waals surface area contributed by atoms with E-state index in [0.717, 1.165) is 31.5 Å². The van der Waals surface area contributed by atoms with Crippen LogP contribution in [0.4, 0.5) is 5.69 Å². The van der Waals surface area contributed by atoms with Gasteiger partial charge in [0, 0.05) is 37.1 Å². The Balaban J connectivity index is 1.42. The number of anilines is 1. The van der Waals surface area contributed by atoms with Crippen LogP contribution in [0.25, 0.3) is 0 Å². The number of nitrogens with zero attached hydrogens (tertiary/aromatic N) is 2. The molecule has 176 valence electrons. The maximum atomic E-state index is 13.0. The fourth-order valence-corrected chi connectivity index (χ4v) is 6.08. The first-order valence-corrected chi connectivity index (χ1v) is 13.0. The second-order valence-corrected chi connectivity index (χ2v) is 11.0. The van der Waals surface area contributed by atoms with Crippen LogP contribution in [-0.2, 0) is 14.8 Å². The number of hydrogen-bond donors (Lipinski definition) is 1. The average Bonchev–Trinajstić information content (AvgIpc) is 3.34. The highest BCUT2D eigenvalue weighted by molar-refractivity contribution is 7.89. The molecule has 1 N–H and O–H groups in total. The van der Waals surface area contributed by atoms with Gasteiger partial charge < -0.3 is 10.2 Å². The third kappa shape index (κ3) is 5.08. The minimum Gasteiger partial charge on any atom is -0.339 e. The van der Waals surface area contributed by atoms with Crippen LogP contribution in [0.2, 0.25) is 5.02 Å². The molecular formula is C24H28ClN3O4S. The van der Waals surface area contributed by atoms with E-state index in [0.29, 0.717) is 29.1 Å². The van der Waals surface area contributed by atoms with Crippen molar-refractivity contribution in [2.75, 3.05) is 31.5 Å². The first-order chi connectivity index (χ1) is 15.8. The third-order valence-electron chi connectivity index (χ3n) is 6.41. The minimum atomic E-state index is -3.63. The molecule has 0 saturated carbocycles. The Hall–Kier alpha value is -2.42. The Morgan fingerprint density at radius 3 is 2.24 bits per heavy atom. The number of likely N-dealkylation sites (tertiary alicyclic amines) is 1. The summed E-state index contributed by atoms with van der Waals surface area (Å²) in [7, 11) is -3.63. The van der Waals surface area contributed by atoms with Gasteiger partial charge in [-0.2, -0.15) is 4.31 Å². The Bertz CT molecular complexity index is 1140. The normalized spacial score (nSPS) is 17.8. The van der Waals surface area contributed by atoms with Crippen LogP contribution in [0.5, 0.6) is 0 Å². The zero-order valence-corrected chi connectivity index (χ0v) is 20.2. The summed E-state index contributed by atoms with van der Waals surface area (Å²) >= 11 is 5.87. The van der Waals surface area contributed by atoms with Crippen molar-refractivity contribution in [3.8, 4) is 0 Å². The summed E-state index contributed by atoms with van der Waals surface area (Å²) in [4.78, 5) is 28.1. The number of sulfonamides is 1. The van der Waals surface area contributed by atoms with Crippen molar-refractivity contribution in [1.82, 2.24) is 9.21 Å². The third-order valence-corrected chi connectivity index (χ3v) is 8.58. The molecule has 0 radical (unpaired) electrons. The number of halogens is 1. The maximum absolute atomic E-state index is 13.0. The lowest BCUT2D eigenvalue weighted by atomic mass is 9.96. The maximum Gasteiger partial charge on any atom is 0.256 e. The molecular weight excluding hydrogens is 462 g/mol. The standard InChI is InChI=1S/C24H28ClN3O4S/c1-17-5-4-6-21(22(17)24(30)27-13-2-3-14-27)26-23(29)18-11-15-28(16-12-18)33(31,32)20-9-7-19(25)8-10-20/h4-10,18H,2-3,11-16H2,1H3,(H,26,29). The molecule has 2 amide bonds. The first kappa shape index (κ1) is 23.7. The van der Waals surface area contributed by atoms with E-state index in [4.69, 9.17) is 11.6 Å². The summed E-state index contributed by atoms with van der Waals surface area (Å²) in [6.07, 6.45) is 2.83. The summed E-state index contributed by atoms with van der Waals surface area (Å²) < 4.78 is 27.2. The molecule has 2 heterocycles. The second kappa shape index (κ2) is 9.83. The van der Waals surface area contributed by atoms with Crippen molar-refractivity contribution < 1.29 is 18.0 Å². The fourth-order valence-electron chi connectivity index (χ4n) is 4.48. The number of carbonyl (C=O) groups excluding carboxylic acids is 2. The van der Waals surface area contributed by atoms with Crippen molar-refractivity contribution in [2.45, 2.75) is 37.5 Å². The smallest absolute Gasteiger partial charge is 0.256 e. The lowest BCUT2D eigenvalue weighted by Gasteiger charge is -2.30. The van der Waals surface area contributed by atoms with Gasteiger partial charge in [0.25, 0.3) is 5.91 Å². The highest BCUT2D eigenvalue weighted by Gasteiger charge is 2.33. The molecule has 2 saturated heterocycles. The Morgan fingerprint density at radius 1 is 0.970 bits per heavy atom. The predicted octanol–water partition coefficient (Wildman–Crippen LogP) is 3.92. The number of hydrogen-bond acceptors (Lipinski definition) is 4.